The van der Waals surface area contributed by atoms with Crippen LogP contribution < -0.4 is 5.73 Å². The van der Waals surface area contributed by atoms with Gasteiger partial charge in [-0.25, -0.2) is 4.39 Å². The Kier molecular flexibility index (Phi) is 5.08. The topological polar surface area (TPSA) is 175 Å². The van der Waals surface area contributed by atoms with Crippen LogP contribution in [0.15, 0.2) is 12.1 Å². The highest BCUT2D eigenvalue weighted by Gasteiger charge is 2.72. The molecule has 1 amide bonds. The van der Waals surface area contributed by atoms with Gasteiger partial charge in [0, 0.05) is 5.92 Å². The second-order valence-corrected chi connectivity index (χ2v) is 9.23. The summed E-state index contributed by atoms with van der Waals surface area (Å²) in [6.07, 6.45) is -1.72. The highest BCUT2D eigenvalue weighted by molar-refractivity contribution is 6.32. The molecule has 8 atom stereocenters. The SMILES string of the molecule is C[C@H]1c2ccc(F)c(O)c2C(=O)C2C(=O)[C@]3(O)C(=O)C(C(N)=O)C(=O)[C@@H](N(C)C)[C@@H]3[C@@H](O)[C@@H]21. The van der Waals surface area contributed by atoms with E-state index in [-0.39, 0.29) is 5.56 Å². The molecular formula is C22H23FN2O8. The number of nitrogens with two attached hydrogens (primary N) is 1. The van der Waals surface area contributed by atoms with Crippen molar-refractivity contribution in [1.29, 1.82) is 0 Å². The number of primary amides is 1. The molecule has 11 heteroatoms. The normalized spacial score (nSPS) is 38.1. The van der Waals surface area contributed by atoms with Gasteiger partial charge in [0.05, 0.1) is 29.5 Å². The Hall–Kier alpha value is -3.02. The van der Waals surface area contributed by atoms with E-state index in [0.717, 1.165) is 6.07 Å². The van der Waals surface area contributed by atoms with Crippen LogP contribution in [-0.4, -0.2) is 81.1 Å². The van der Waals surface area contributed by atoms with E-state index in [0.29, 0.717) is 0 Å². The summed E-state index contributed by atoms with van der Waals surface area (Å²) in [5, 5.41) is 33.0. The lowest BCUT2D eigenvalue weighted by Gasteiger charge is -2.55. The number of ketones is 4. The largest absolute Gasteiger partial charge is 0.504 e. The number of rotatable bonds is 2. The van der Waals surface area contributed by atoms with E-state index in [1.54, 1.807) is 6.92 Å². The molecule has 0 aliphatic heterocycles. The number of carbonyl (C=O) groups excluding carboxylic acids is 5. The zero-order valence-corrected chi connectivity index (χ0v) is 18.0. The second kappa shape index (κ2) is 7.24. The van der Waals surface area contributed by atoms with Crippen LogP contribution in [-0.2, 0) is 19.2 Å². The Bertz CT molecular complexity index is 1130. The number of amides is 1. The molecule has 4 rings (SSSR count). The molecule has 10 nitrogen and oxygen atoms in total. The fraction of sp³-hybridized carbons (Fsp3) is 0.500. The Balaban J connectivity index is 1.97. The number of aliphatic hydroxyl groups excluding tert-OH is 1. The summed E-state index contributed by atoms with van der Waals surface area (Å²) < 4.78 is 14.0. The van der Waals surface area contributed by atoms with Crippen LogP contribution in [0.5, 0.6) is 5.75 Å². The van der Waals surface area contributed by atoms with Crippen LogP contribution in [0.25, 0.3) is 0 Å². The quantitative estimate of drug-likeness (QED) is 0.383. The first-order chi connectivity index (χ1) is 15.3. The molecule has 3 aliphatic carbocycles. The third-order valence-corrected chi connectivity index (χ3v) is 7.44. The van der Waals surface area contributed by atoms with Gasteiger partial charge in [-0.1, -0.05) is 13.0 Å². The van der Waals surface area contributed by atoms with Gasteiger partial charge in [0.15, 0.2) is 46.2 Å². The Morgan fingerprint density at radius 2 is 1.76 bits per heavy atom. The van der Waals surface area contributed by atoms with Crippen molar-refractivity contribution < 1.29 is 43.7 Å². The number of Topliss-reactive ketones (excluding diaryl/α,β-unsaturated/α-hetero) is 4. The van der Waals surface area contributed by atoms with Crippen molar-refractivity contribution in [2.24, 2.45) is 29.4 Å². The van der Waals surface area contributed by atoms with Crippen molar-refractivity contribution in [3.8, 4) is 5.75 Å². The molecule has 0 aromatic heterocycles. The van der Waals surface area contributed by atoms with E-state index < -0.39 is 93.5 Å². The molecule has 2 saturated carbocycles. The number of likely N-dealkylation sites (N-methyl/N-ethyl adjacent to an activating group) is 1. The van der Waals surface area contributed by atoms with Crippen molar-refractivity contribution in [1.82, 2.24) is 4.90 Å². The molecule has 2 unspecified atom stereocenters. The van der Waals surface area contributed by atoms with Gasteiger partial charge in [0.25, 0.3) is 0 Å². The monoisotopic (exact) mass is 462 g/mol. The maximum absolute atomic E-state index is 14.0. The van der Waals surface area contributed by atoms with Crippen molar-refractivity contribution in [2.45, 2.75) is 30.6 Å². The van der Waals surface area contributed by atoms with Crippen LogP contribution in [0.4, 0.5) is 4.39 Å². The predicted octanol–water partition coefficient (Wildman–Crippen LogP) is -1.46. The molecule has 176 valence electrons. The standard InChI is InChI=1S/C22H23FN2O8/c1-6-7-4-5-8(23)15(26)10(7)16(27)11-9(6)17(28)13-14(25(2)3)18(29)12(21(24)32)20(31)22(13,33)19(11)30/h4-6,9,11-14,17,26,28,33H,1-3H3,(H2,24,32)/t6-,9+,11?,12?,13+,14-,17-,22-/m0/s1. The number of nitrogens with zero attached hydrogens (tertiary/aromatic N) is 1. The molecular weight excluding hydrogens is 439 g/mol. The first-order valence-electron chi connectivity index (χ1n) is 10.3. The number of halogens is 1. The number of aromatic hydroxyl groups is 1. The number of hydrogen-bond acceptors (Lipinski definition) is 9. The van der Waals surface area contributed by atoms with Gasteiger partial charge in [-0.05, 0) is 31.6 Å². The van der Waals surface area contributed by atoms with Crippen LogP contribution in [0.2, 0.25) is 0 Å². The maximum Gasteiger partial charge on any atom is 0.235 e. The molecule has 2 fully saturated rings. The minimum absolute atomic E-state index is 0.183. The average Bonchev–Trinajstić information content (AvgIpc) is 2.72. The second-order valence-electron chi connectivity index (χ2n) is 9.23. The summed E-state index contributed by atoms with van der Waals surface area (Å²) in [6, 6.07) is 0.764. The Morgan fingerprint density at radius 1 is 1.15 bits per heavy atom. The number of fused-ring (bicyclic) bond motifs is 3. The van der Waals surface area contributed by atoms with E-state index >= 15 is 0 Å². The first-order valence-corrected chi connectivity index (χ1v) is 10.3. The van der Waals surface area contributed by atoms with E-state index in [9.17, 15) is 43.7 Å². The molecule has 0 heterocycles. The van der Waals surface area contributed by atoms with Crippen molar-refractivity contribution in [3.63, 3.8) is 0 Å². The van der Waals surface area contributed by atoms with Gasteiger partial charge in [-0.2, -0.15) is 0 Å². The molecule has 5 N–H and O–H groups in total. The van der Waals surface area contributed by atoms with Gasteiger partial charge in [-0.15, -0.1) is 0 Å². The lowest BCUT2D eigenvalue weighted by atomic mass is 9.49. The number of aliphatic hydroxyl groups is 2. The molecule has 1 aromatic rings. The van der Waals surface area contributed by atoms with E-state index in [1.807, 2.05) is 0 Å². The highest BCUT2D eigenvalue weighted by Crippen LogP contribution is 2.54. The zero-order chi connectivity index (χ0) is 24.7. The van der Waals surface area contributed by atoms with Crippen molar-refractivity contribution in [2.75, 3.05) is 14.1 Å². The van der Waals surface area contributed by atoms with Crippen LogP contribution in [0.1, 0.15) is 28.8 Å². The summed E-state index contributed by atoms with van der Waals surface area (Å²) in [7, 11) is 2.82. The average molecular weight is 462 g/mol. The number of hydrogen-bond donors (Lipinski definition) is 4. The summed E-state index contributed by atoms with van der Waals surface area (Å²) >= 11 is 0. The van der Waals surface area contributed by atoms with Gasteiger partial charge >= 0.3 is 0 Å². The molecule has 1 aromatic carbocycles. The third-order valence-electron chi connectivity index (χ3n) is 7.44. The minimum atomic E-state index is -3.07. The fourth-order valence-electron chi connectivity index (χ4n) is 5.96. The van der Waals surface area contributed by atoms with Gasteiger partial charge in [-0.3, -0.25) is 28.9 Å². The van der Waals surface area contributed by atoms with E-state index in [1.165, 1.54) is 25.1 Å². The molecule has 0 bridgehead atoms. The summed E-state index contributed by atoms with van der Waals surface area (Å²) in [4.78, 5) is 66.3. The van der Waals surface area contributed by atoms with E-state index in [4.69, 9.17) is 5.73 Å². The first kappa shape index (κ1) is 23.1. The van der Waals surface area contributed by atoms with Crippen LogP contribution >= 0.6 is 0 Å². The summed E-state index contributed by atoms with van der Waals surface area (Å²) in [6.45, 7) is 1.55. The third kappa shape index (κ3) is 2.73. The Morgan fingerprint density at radius 3 is 2.30 bits per heavy atom. The van der Waals surface area contributed by atoms with Crippen molar-refractivity contribution in [3.05, 3.63) is 29.1 Å². The van der Waals surface area contributed by atoms with Crippen LogP contribution in [0.3, 0.4) is 0 Å². The summed E-state index contributed by atoms with van der Waals surface area (Å²) in [5.74, 6) is -15.9. The van der Waals surface area contributed by atoms with Gasteiger partial charge in [0.1, 0.15) is 0 Å². The zero-order valence-electron chi connectivity index (χ0n) is 18.0. The van der Waals surface area contributed by atoms with Gasteiger partial charge < -0.3 is 21.1 Å². The number of benzene rings is 1. The van der Waals surface area contributed by atoms with Crippen LogP contribution in [0, 0.1) is 29.5 Å². The lowest BCUT2D eigenvalue weighted by Crippen LogP contribution is -2.77. The summed E-state index contributed by atoms with van der Waals surface area (Å²) in [5.41, 5.74) is 1.87. The smallest absolute Gasteiger partial charge is 0.235 e. The van der Waals surface area contributed by atoms with Gasteiger partial charge in [0.2, 0.25) is 5.91 Å². The lowest BCUT2D eigenvalue weighted by molar-refractivity contribution is -0.196. The minimum Gasteiger partial charge on any atom is -0.504 e. The molecule has 0 spiro atoms. The Labute approximate surface area is 187 Å². The predicted molar refractivity (Wildman–Crippen MR) is 107 cm³/mol. The number of phenolic OH excluding ortho intramolecular Hbond substituents is 1. The number of carbonyl (C=O) groups is 5. The molecule has 3 aliphatic rings. The number of phenols is 1. The van der Waals surface area contributed by atoms with E-state index in [2.05, 4.69) is 0 Å². The maximum atomic E-state index is 14.0. The highest BCUT2D eigenvalue weighted by atomic mass is 19.1. The molecule has 0 radical (unpaired) electrons. The molecule has 33 heavy (non-hydrogen) atoms. The fourth-order valence-corrected chi connectivity index (χ4v) is 5.96. The molecule has 0 saturated heterocycles. The van der Waals surface area contributed by atoms with Crippen molar-refractivity contribution >= 4 is 29.0 Å².